The number of carbonyl (C=O) groups is 1. The summed E-state index contributed by atoms with van der Waals surface area (Å²) in [6.45, 7) is 0. The lowest BCUT2D eigenvalue weighted by Crippen LogP contribution is -2.00. The molecular weight excluding hydrogens is 347 g/mol. The number of aromatic hydroxyl groups is 1. The summed E-state index contributed by atoms with van der Waals surface area (Å²) in [4.78, 5) is 19.4. The normalized spacial score (nSPS) is 13.1. The molecule has 0 spiro atoms. The van der Waals surface area contributed by atoms with Crippen LogP contribution in [0.5, 0.6) is 5.88 Å². The first-order chi connectivity index (χ1) is 11.5. The Labute approximate surface area is 147 Å². The van der Waals surface area contributed by atoms with Crippen LogP contribution in [0.2, 0.25) is 10.0 Å². The molecule has 1 amide bonds. The number of H-pyrrole nitrogens is 1. The average Bonchev–Trinajstić information content (AvgIpc) is 3.06. The van der Waals surface area contributed by atoms with Crippen LogP contribution in [0.3, 0.4) is 0 Å². The number of nitrogens with zero attached hydrogens (tertiary/aromatic N) is 1. The van der Waals surface area contributed by atoms with E-state index in [0.29, 0.717) is 38.1 Å². The van der Waals surface area contributed by atoms with Crippen LogP contribution in [-0.4, -0.2) is 21.7 Å². The third-order valence-electron chi connectivity index (χ3n) is 3.89. The SMILES string of the molecule is O=C1N=C(c2ccc(Cl)cc2)c2[nH]c(O)c(-c3ccc(Cl)cc3)c21. The molecule has 4 nitrogen and oxygen atoms in total. The predicted molar refractivity (Wildman–Crippen MR) is 94.3 cm³/mol. The maximum absolute atomic E-state index is 12.4. The maximum atomic E-state index is 12.4. The molecule has 2 heterocycles. The Bertz CT molecular complexity index is 987. The summed E-state index contributed by atoms with van der Waals surface area (Å²) in [5.74, 6) is -0.464. The third-order valence-corrected chi connectivity index (χ3v) is 4.40. The van der Waals surface area contributed by atoms with Gasteiger partial charge in [-0.2, -0.15) is 0 Å². The molecule has 1 aliphatic heterocycles. The van der Waals surface area contributed by atoms with E-state index >= 15 is 0 Å². The van der Waals surface area contributed by atoms with Crippen molar-refractivity contribution in [3.63, 3.8) is 0 Å². The summed E-state index contributed by atoms with van der Waals surface area (Å²) >= 11 is 11.8. The highest BCUT2D eigenvalue weighted by molar-refractivity contribution is 6.32. The largest absolute Gasteiger partial charge is 0.494 e. The number of aliphatic imine (C=N–C) groups is 1. The molecule has 0 radical (unpaired) electrons. The van der Waals surface area contributed by atoms with E-state index in [-0.39, 0.29) is 5.88 Å². The Hall–Kier alpha value is -2.56. The lowest BCUT2D eigenvalue weighted by atomic mass is 10.0. The van der Waals surface area contributed by atoms with Crippen LogP contribution in [-0.2, 0) is 0 Å². The number of halogens is 2. The fraction of sp³-hybridized carbons (Fsp3) is 0. The number of hydrogen-bond acceptors (Lipinski definition) is 2. The number of hydrogen-bond donors (Lipinski definition) is 2. The van der Waals surface area contributed by atoms with Gasteiger partial charge in [0.25, 0.3) is 5.91 Å². The van der Waals surface area contributed by atoms with Gasteiger partial charge in [-0.3, -0.25) is 4.79 Å². The first kappa shape index (κ1) is 15.0. The molecule has 3 aromatic rings. The molecule has 0 saturated carbocycles. The standard InChI is InChI=1S/C18H10Cl2N2O2/c19-11-5-1-9(2-6-11)13-14-16(22-17(13)23)15(21-18(14)24)10-3-7-12(20)8-4-10/h1-8,22-23H. The molecule has 0 atom stereocenters. The molecule has 24 heavy (non-hydrogen) atoms. The highest BCUT2D eigenvalue weighted by atomic mass is 35.5. The second kappa shape index (κ2) is 5.51. The monoisotopic (exact) mass is 356 g/mol. The summed E-state index contributed by atoms with van der Waals surface area (Å²) in [6, 6.07) is 13.9. The Balaban J connectivity index is 1.87. The quantitative estimate of drug-likeness (QED) is 0.699. The highest BCUT2D eigenvalue weighted by Crippen LogP contribution is 2.39. The van der Waals surface area contributed by atoms with E-state index < -0.39 is 5.91 Å². The van der Waals surface area contributed by atoms with Crippen molar-refractivity contribution in [1.29, 1.82) is 0 Å². The molecule has 2 aromatic carbocycles. The van der Waals surface area contributed by atoms with E-state index in [1.54, 1.807) is 48.5 Å². The second-order valence-electron chi connectivity index (χ2n) is 5.38. The summed E-state index contributed by atoms with van der Waals surface area (Å²) in [7, 11) is 0. The maximum Gasteiger partial charge on any atom is 0.280 e. The number of carbonyl (C=O) groups excluding carboxylic acids is 1. The van der Waals surface area contributed by atoms with Crippen LogP contribution in [0.15, 0.2) is 53.5 Å². The highest BCUT2D eigenvalue weighted by Gasteiger charge is 2.32. The molecule has 118 valence electrons. The number of nitrogens with one attached hydrogen (secondary N) is 1. The Morgan fingerprint density at radius 1 is 0.833 bits per heavy atom. The summed E-state index contributed by atoms with van der Waals surface area (Å²) in [5, 5.41) is 11.5. The van der Waals surface area contributed by atoms with Crippen LogP contribution in [0, 0.1) is 0 Å². The van der Waals surface area contributed by atoms with Crippen LogP contribution in [0.4, 0.5) is 0 Å². The van der Waals surface area contributed by atoms with Crippen molar-refractivity contribution in [3.05, 3.63) is 75.4 Å². The lowest BCUT2D eigenvalue weighted by Gasteiger charge is -2.01. The molecule has 0 fully saturated rings. The van der Waals surface area contributed by atoms with Gasteiger partial charge in [-0.25, -0.2) is 4.99 Å². The van der Waals surface area contributed by atoms with Crippen molar-refractivity contribution in [2.24, 2.45) is 4.99 Å². The summed E-state index contributed by atoms with van der Waals surface area (Å²) < 4.78 is 0. The van der Waals surface area contributed by atoms with Gasteiger partial charge in [-0.05, 0) is 29.8 Å². The van der Waals surface area contributed by atoms with E-state index in [2.05, 4.69) is 9.98 Å². The van der Waals surface area contributed by atoms with Gasteiger partial charge in [0.2, 0.25) is 0 Å². The minimum atomic E-state index is -0.392. The first-order valence-corrected chi connectivity index (χ1v) is 7.90. The van der Waals surface area contributed by atoms with Crippen LogP contribution < -0.4 is 0 Å². The fourth-order valence-electron chi connectivity index (χ4n) is 2.81. The zero-order chi connectivity index (χ0) is 16.8. The number of aromatic amines is 1. The Morgan fingerprint density at radius 2 is 1.38 bits per heavy atom. The third kappa shape index (κ3) is 2.31. The molecule has 2 N–H and O–H groups in total. The van der Waals surface area contributed by atoms with Gasteiger partial charge in [-0.15, -0.1) is 0 Å². The second-order valence-corrected chi connectivity index (χ2v) is 6.25. The van der Waals surface area contributed by atoms with Gasteiger partial charge in [-0.1, -0.05) is 47.5 Å². The van der Waals surface area contributed by atoms with Gasteiger partial charge >= 0.3 is 0 Å². The van der Waals surface area contributed by atoms with Gasteiger partial charge in [0.05, 0.1) is 22.5 Å². The van der Waals surface area contributed by atoms with E-state index in [1.165, 1.54) is 0 Å². The number of rotatable bonds is 2. The smallest absolute Gasteiger partial charge is 0.280 e. The molecule has 4 rings (SSSR count). The number of amides is 1. The van der Waals surface area contributed by atoms with E-state index in [1.807, 2.05) is 0 Å². The molecule has 6 heteroatoms. The minimum Gasteiger partial charge on any atom is -0.494 e. The molecule has 1 aromatic heterocycles. The fourth-order valence-corrected chi connectivity index (χ4v) is 3.06. The molecule has 0 aliphatic carbocycles. The summed E-state index contributed by atoms with van der Waals surface area (Å²) in [5.41, 5.74) is 3.22. The molecular formula is C18H10Cl2N2O2. The predicted octanol–water partition coefficient (Wildman–Crippen LogP) is 4.69. The first-order valence-electron chi connectivity index (χ1n) is 7.15. The minimum absolute atomic E-state index is 0.0722. The van der Waals surface area contributed by atoms with E-state index in [0.717, 1.165) is 5.56 Å². The van der Waals surface area contributed by atoms with Crippen molar-refractivity contribution < 1.29 is 9.90 Å². The number of aromatic nitrogens is 1. The molecule has 0 bridgehead atoms. The van der Waals surface area contributed by atoms with Crippen LogP contribution in [0.1, 0.15) is 21.6 Å². The van der Waals surface area contributed by atoms with Crippen molar-refractivity contribution in [2.75, 3.05) is 0 Å². The van der Waals surface area contributed by atoms with Gasteiger partial charge in [0.15, 0.2) is 5.88 Å². The van der Waals surface area contributed by atoms with Crippen molar-refractivity contribution in [2.45, 2.75) is 0 Å². The van der Waals surface area contributed by atoms with Gasteiger partial charge < -0.3 is 10.1 Å². The Morgan fingerprint density at radius 3 is 1.96 bits per heavy atom. The van der Waals surface area contributed by atoms with Crippen molar-refractivity contribution in [1.82, 2.24) is 4.98 Å². The zero-order valence-electron chi connectivity index (χ0n) is 12.2. The topological polar surface area (TPSA) is 65.5 Å². The summed E-state index contributed by atoms with van der Waals surface area (Å²) in [6.07, 6.45) is 0. The zero-order valence-corrected chi connectivity index (χ0v) is 13.7. The van der Waals surface area contributed by atoms with Gasteiger partial charge in [0, 0.05) is 15.6 Å². The van der Waals surface area contributed by atoms with Crippen LogP contribution >= 0.6 is 23.2 Å². The van der Waals surface area contributed by atoms with Gasteiger partial charge in [0.1, 0.15) is 0 Å². The molecule has 1 aliphatic rings. The van der Waals surface area contributed by atoms with E-state index in [4.69, 9.17) is 23.2 Å². The average molecular weight is 357 g/mol. The van der Waals surface area contributed by atoms with Crippen LogP contribution in [0.25, 0.3) is 11.1 Å². The molecule has 0 saturated heterocycles. The number of fused-ring (bicyclic) bond motifs is 1. The van der Waals surface area contributed by atoms with Crippen molar-refractivity contribution >= 4 is 34.8 Å². The number of benzene rings is 2. The van der Waals surface area contributed by atoms with E-state index in [9.17, 15) is 9.90 Å². The Kier molecular flexibility index (Phi) is 3.44. The lowest BCUT2D eigenvalue weighted by molar-refractivity contribution is 0.101. The molecule has 0 unspecified atom stereocenters. The van der Waals surface area contributed by atoms with Crippen molar-refractivity contribution in [3.8, 4) is 17.0 Å².